The number of hydrogen-bond acceptors (Lipinski definition) is 3. The monoisotopic (exact) mass is 719 g/mol. The Morgan fingerprint density at radius 1 is 0.382 bits per heavy atom. The van der Waals surface area contributed by atoms with Crippen LogP contribution in [0.2, 0.25) is 0 Å². The van der Waals surface area contributed by atoms with Crippen LogP contribution in [0, 0.1) is 0 Å². The number of benzene rings is 9. The average molecular weight is 720 g/mol. The maximum Gasteiger partial charge on any atom is 0.145 e. The predicted molar refractivity (Wildman–Crippen MR) is 235 cm³/mol. The molecule has 0 bridgehead atoms. The van der Waals surface area contributed by atoms with Crippen molar-refractivity contribution in [3.63, 3.8) is 0 Å². The molecule has 0 radical (unpaired) electrons. The highest BCUT2D eigenvalue weighted by Gasteiger charge is 2.23. The van der Waals surface area contributed by atoms with E-state index in [0.717, 1.165) is 50.1 Å². The van der Waals surface area contributed by atoms with Gasteiger partial charge in [0.1, 0.15) is 11.2 Å². The van der Waals surface area contributed by atoms with Crippen LogP contribution in [-0.4, -0.2) is 0 Å². The molecular formula is C52H33NOS. The Bertz CT molecular complexity index is 3190. The van der Waals surface area contributed by atoms with Gasteiger partial charge in [0.2, 0.25) is 0 Å². The van der Waals surface area contributed by atoms with Crippen molar-refractivity contribution in [1.29, 1.82) is 0 Å². The van der Waals surface area contributed by atoms with Crippen LogP contribution in [-0.2, 0) is 0 Å². The molecule has 0 aliphatic rings. The number of anilines is 3. The van der Waals surface area contributed by atoms with Crippen molar-refractivity contribution >= 4 is 81.3 Å². The normalized spacial score (nSPS) is 11.6. The Morgan fingerprint density at radius 2 is 0.945 bits per heavy atom. The van der Waals surface area contributed by atoms with E-state index >= 15 is 0 Å². The van der Waals surface area contributed by atoms with Gasteiger partial charge in [0.05, 0.1) is 11.1 Å². The minimum absolute atomic E-state index is 0.877. The van der Waals surface area contributed by atoms with Crippen LogP contribution in [0.15, 0.2) is 205 Å². The molecule has 0 spiro atoms. The summed E-state index contributed by atoms with van der Waals surface area (Å²) < 4.78 is 9.31. The quantitative estimate of drug-likeness (QED) is 0.170. The zero-order valence-corrected chi connectivity index (χ0v) is 30.6. The fourth-order valence-corrected chi connectivity index (χ4v) is 9.39. The summed E-state index contributed by atoms with van der Waals surface area (Å²) in [5.41, 5.74) is 12.0. The van der Waals surface area contributed by atoms with E-state index in [4.69, 9.17) is 4.42 Å². The Hall–Kier alpha value is -6.94. The molecule has 55 heavy (non-hydrogen) atoms. The van der Waals surface area contributed by atoms with Gasteiger partial charge < -0.3 is 9.32 Å². The Morgan fingerprint density at radius 3 is 1.67 bits per heavy atom. The van der Waals surface area contributed by atoms with Crippen LogP contribution in [0.25, 0.3) is 86.3 Å². The highest BCUT2D eigenvalue weighted by molar-refractivity contribution is 7.25. The van der Waals surface area contributed by atoms with Gasteiger partial charge >= 0.3 is 0 Å². The molecule has 0 atom stereocenters. The van der Waals surface area contributed by atoms with Gasteiger partial charge in [-0.3, -0.25) is 0 Å². The van der Waals surface area contributed by atoms with Gasteiger partial charge in [0.15, 0.2) is 0 Å². The average Bonchev–Trinajstić information content (AvgIpc) is 3.83. The molecule has 11 rings (SSSR count). The minimum atomic E-state index is 0.877. The predicted octanol–water partition coefficient (Wildman–Crippen LogP) is 15.6. The topological polar surface area (TPSA) is 16.4 Å². The van der Waals surface area contributed by atoms with Crippen LogP contribution in [0.1, 0.15) is 0 Å². The van der Waals surface area contributed by atoms with Crippen molar-refractivity contribution in [2.24, 2.45) is 0 Å². The van der Waals surface area contributed by atoms with Gasteiger partial charge in [-0.05, 0) is 99.3 Å². The lowest BCUT2D eigenvalue weighted by Crippen LogP contribution is -2.10. The van der Waals surface area contributed by atoms with Crippen molar-refractivity contribution in [3.05, 3.63) is 200 Å². The molecule has 2 aromatic heterocycles. The van der Waals surface area contributed by atoms with E-state index in [0.29, 0.717) is 0 Å². The molecule has 2 nitrogen and oxygen atoms in total. The van der Waals surface area contributed by atoms with Crippen LogP contribution in [0.5, 0.6) is 0 Å². The highest BCUT2D eigenvalue weighted by atomic mass is 32.1. The molecule has 0 unspecified atom stereocenters. The number of furan rings is 1. The van der Waals surface area contributed by atoms with Crippen LogP contribution >= 0.6 is 11.3 Å². The highest BCUT2D eigenvalue weighted by Crippen LogP contribution is 2.48. The number of thiophene rings is 1. The van der Waals surface area contributed by atoms with Crippen LogP contribution < -0.4 is 4.90 Å². The first-order valence-corrected chi connectivity index (χ1v) is 19.5. The second-order valence-corrected chi connectivity index (χ2v) is 15.2. The first-order valence-electron chi connectivity index (χ1n) is 18.7. The van der Waals surface area contributed by atoms with Crippen molar-refractivity contribution in [1.82, 2.24) is 0 Å². The van der Waals surface area contributed by atoms with Crippen LogP contribution in [0.3, 0.4) is 0 Å². The molecule has 0 aliphatic heterocycles. The van der Waals surface area contributed by atoms with Crippen molar-refractivity contribution in [2.45, 2.75) is 0 Å². The molecule has 11 aromatic rings. The van der Waals surface area contributed by atoms with Gasteiger partial charge in [-0.2, -0.15) is 0 Å². The van der Waals surface area contributed by atoms with Gasteiger partial charge in [-0.1, -0.05) is 140 Å². The van der Waals surface area contributed by atoms with Crippen molar-refractivity contribution < 1.29 is 4.42 Å². The molecular weight excluding hydrogens is 687 g/mol. The fourth-order valence-electron chi connectivity index (χ4n) is 8.25. The molecule has 0 amide bonds. The summed E-state index contributed by atoms with van der Waals surface area (Å²) in [6.07, 6.45) is 0. The van der Waals surface area contributed by atoms with E-state index < -0.39 is 0 Å². The SMILES string of the molecule is c1ccc(-c2cc3ccccc3cc2-c2ccc(N(c3ccc4c(c3)sc3ccccc34)c3ccc(-c4ccccc4)c4oc5ccccc5c34)cc2)cc1. The molecule has 0 saturated heterocycles. The van der Waals surface area contributed by atoms with E-state index in [1.165, 1.54) is 53.2 Å². The lowest BCUT2D eigenvalue weighted by molar-refractivity contribution is 0.670. The van der Waals surface area contributed by atoms with E-state index in [1.807, 2.05) is 11.3 Å². The summed E-state index contributed by atoms with van der Waals surface area (Å²) in [5, 5.41) is 7.23. The second-order valence-electron chi connectivity index (χ2n) is 14.1. The van der Waals surface area contributed by atoms with E-state index in [1.54, 1.807) is 0 Å². The molecule has 258 valence electrons. The summed E-state index contributed by atoms with van der Waals surface area (Å²) in [7, 11) is 0. The molecule has 0 fully saturated rings. The summed E-state index contributed by atoms with van der Waals surface area (Å²) in [5.74, 6) is 0. The number of para-hydroxylation sites is 1. The molecule has 0 saturated carbocycles. The first-order chi connectivity index (χ1) is 27.3. The third-order valence-electron chi connectivity index (χ3n) is 10.9. The third kappa shape index (κ3) is 5.32. The lowest BCUT2D eigenvalue weighted by Gasteiger charge is -2.27. The Balaban J connectivity index is 1.14. The number of nitrogens with zero attached hydrogens (tertiary/aromatic N) is 1. The van der Waals surface area contributed by atoms with E-state index in [9.17, 15) is 0 Å². The molecule has 0 aliphatic carbocycles. The third-order valence-corrected chi connectivity index (χ3v) is 12.0. The number of hydrogen-bond donors (Lipinski definition) is 0. The Kier molecular flexibility index (Phi) is 7.39. The van der Waals surface area contributed by atoms with Crippen molar-refractivity contribution in [3.8, 4) is 33.4 Å². The first kappa shape index (κ1) is 31.6. The van der Waals surface area contributed by atoms with Gasteiger partial charge in [-0.25, -0.2) is 0 Å². The molecule has 3 heteroatoms. The summed E-state index contributed by atoms with van der Waals surface area (Å²) in [6.45, 7) is 0. The summed E-state index contributed by atoms with van der Waals surface area (Å²) in [6, 6.07) is 72.2. The van der Waals surface area contributed by atoms with E-state index in [2.05, 4.69) is 205 Å². The molecule has 0 N–H and O–H groups in total. The van der Waals surface area contributed by atoms with Crippen LogP contribution in [0.4, 0.5) is 17.1 Å². The van der Waals surface area contributed by atoms with E-state index in [-0.39, 0.29) is 0 Å². The van der Waals surface area contributed by atoms with Crippen molar-refractivity contribution in [2.75, 3.05) is 4.90 Å². The van der Waals surface area contributed by atoms with Gasteiger partial charge in [-0.15, -0.1) is 11.3 Å². The lowest BCUT2D eigenvalue weighted by atomic mass is 9.91. The minimum Gasteiger partial charge on any atom is -0.455 e. The molecule has 2 heterocycles. The number of fused-ring (bicyclic) bond motifs is 7. The smallest absolute Gasteiger partial charge is 0.145 e. The fraction of sp³-hybridized carbons (Fsp3) is 0. The molecule has 9 aromatic carbocycles. The zero-order chi connectivity index (χ0) is 36.3. The number of rotatable bonds is 6. The van der Waals surface area contributed by atoms with Gasteiger partial charge in [0.25, 0.3) is 0 Å². The second kappa shape index (κ2) is 12.9. The standard InChI is InChI=1S/C52H33NOS/c1-3-13-34(14-4-1)41-29-30-47(51-44-20-9-11-21-48(44)54-52(41)51)53(40-27-28-43-42-19-10-12-22-49(42)55-50(43)33-40)39-25-23-36(24-26-39)46-32-38-18-8-7-17-37(38)31-45(46)35-15-5-2-6-16-35/h1-33H. The van der Waals surface area contributed by atoms with Gasteiger partial charge in [0, 0.05) is 42.5 Å². The maximum absolute atomic E-state index is 6.75. The Labute approximate surface area is 322 Å². The summed E-state index contributed by atoms with van der Waals surface area (Å²) >= 11 is 1.85. The zero-order valence-electron chi connectivity index (χ0n) is 29.8. The maximum atomic E-state index is 6.75. The summed E-state index contributed by atoms with van der Waals surface area (Å²) in [4.78, 5) is 2.41. The largest absolute Gasteiger partial charge is 0.455 e.